The Morgan fingerprint density at radius 3 is 2.37 bits per heavy atom. The van der Waals surface area contributed by atoms with Crippen LogP contribution in [0.25, 0.3) is 0 Å². The van der Waals surface area contributed by atoms with E-state index in [1.165, 1.54) is 0 Å². The van der Waals surface area contributed by atoms with Crippen LogP contribution in [0.15, 0.2) is 24.3 Å². The third-order valence-corrected chi connectivity index (χ3v) is 5.27. The molecule has 2 aliphatic heterocycles. The van der Waals surface area contributed by atoms with Gasteiger partial charge in [0, 0.05) is 32.7 Å². The van der Waals surface area contributed by atoms with Crippen molar-refractivity contribution in [3.05, 3.63) is 29.3 Å². The largest absolute Gasteiger partial charge is 0.444 e. The lowest BCUT2D eigenvalue weighted by atomic mass is 10.1. The molecule has 1 aromatic rings. The molecule has 2 saturated heterocycles. The van der Waals surface area contributed by atoms with E-state index in [4.69, 9.17) is 16.3 Å². The maximum absolute atomic E-state index is 13.0. The molecule has 0 bridgehead atoms. The van der Waals surface area contributed by atoms with Crippen molar-refractivity contribution in [2.24, 2.45) is 0 Å². The number of likely N-dealkylation sites (tertiary alicyclic amines) is 1. The highest BCUT2D eigenvalue weighted by molar-refractivity contribution is 6.33. The van der Waals surface area contributed by atoms with Gasteiger partial charge in [-0.3, -0.25) is 9.69 Å². The van der Waals surface area contributed by atoms with Crippen LogP contribution in [-0.2, 0) is 9.53 Å². The smallest absolute Gasteiger partial charge is 0.410 e. The van der Waals surface area contributed by atoms with Gasteiger partial charge in [0.2, 0.25) is 5.91 Å². The summed E-state index contributed by atoms with van der Waals surface area (Å²) in [5.41, 5.74) is 0.441. The summed E-state index contributed by atoms with van der Waals surface area (Å²) in [6.07, 6.45) is 1.13. The molecule has 1 aromatic carbocycles. The number of amides is 2. The monoisotopic (exact) mass is 393 g/mol. The van der Waals surface area contributed by atoms with Crippen molar-refractivity contribution < 1.29 is 14.3 Å². The minimum absolute atomic E-state index is 0.0252. The number of carbonyl (C=O) groups is 2. The molecule has 0 aliphatic carbocycles. The highest BCUT2D eigenvalue weighted by Gasteiger charge is 2.39. The lowest BCUT2D eigenvalue weighted by Crippen LogP contribution is -2.55. The first-order valence-electron chi connectivity index (χ1n) is 9.54. The van der Waals surface area contributed by atoms with Gasteiger partial charge in [-0.15, -0.1) is 0 Å². The highest BCUT2D eigenvalue weighted by Crippen LogP contribution is 2.27. The van der Waals surface area contributed by atoms with Gasteiger partial charge in [-0.1, -0.05) is 23.7 Å². The van der Waals surface area contributed by atoms with Gasteiger partial charge in [-0.05, 0) is 45.7 Å². The SMILES string of the molecule is CC(C)(C)OC(=O)N1CCCC1C(=O)N1CCN(c2ccccc2Cl)CC1. The molecule has 6 nitrogen and oxygen atoms in total. The molecule has 0 aromatic heterocycles. The van der Waals surface area contributed by atoms with Crippen molar-refractivity contribution in [3.8, 4) is 0 Å². The quantitative estimate of drug-likeness (QED) is 0.772. The minimum atomic E-state index is -0.562. The molecule has 3 rings (SSSR count). The predicted molar refractivity (Wildman–Crippen MR) is 106 cm³/mol. The van der Waals surface area contributed by atoms with Gasteiger partial charge in [0.1, 0.15) is 11.6 Å². The number of piperazine rings is 1. The first-order valence-corrected chi connectivity index (χ1v) is 9.92. The second-order valence-corrected chi connectivity index (χ2v) is 8.50. The number of carbonyl (C=O) groups excluding carboxylic acids is 2. The number of para-hydroxylation sites is 1. The van der Waals surface area contributed by atoms with E-state index in [2.05, 4.69) is 4.90 Å². The van der Waals surface area contributed by atoms with Gasteiger partial charge in [0.25, 0.3) is 0 Å². The number of benzene rings is 1. The summed E-state index contributed by atoms with van der Waals surface area (Å²) in [5, 5.41) is 0.726. The van der Waals surface area contributed by atoms with Crippen LogP contribution in [-0.4, -0.2) is 66.2 Å². The molecule has 7 heteroatoms. The van der Waals surface area contributed by atoms with Gasteiger partial charge in [0.05, 0.1) is 10.7 Å². The number of rotatable bonds is 2. The lowest BCUT2D eigenvalue weighted by Gasteiger charge is -2.38. The third kappa shape index (κ3) is 4.67. The van der Waals surface area contributed by atoms with Crippen LogP contribution in [0.1, 0.15) is 33.6 Å². The fourth-order valence-electron chi connectivity index (χ4n) is 3.65. The van der Waals surface area contributed by atoms with Gasteiger partial charge in [0.15, 0.2) is 0 Å². The summed E-state index contributed by atoms with van der Waals surface area (Å²) in [5.74, 6) is 0.0252. The molecule has 0 N–H and O–H groups in total. The van der Waals surface area contributed by atoms with Gasteiger partial charge in [-0.25, -0.2) is 4.79 Å². The predicted octanol–water partition coefficient (Wildman–Crippen LogP) is 3.39. The molecule has 0 radical (unpaired) electrons. The molecule has 148 valence electrons. The summed E-state index contributed by atoms with van der Waals surface area (Å²) in [6.45, 7) is 8.81. The maximum atomic E-state index is 13.0. The van der Waals surface area contributed by atoms with Crippen LogP contribution in [0, 0.1) is 0 Å². The first-order chi connectivity index (χ1) is 12.8. The van der Waals surface area contributed by atoms with Crippen molar-refractivity contribution in [2.45, 2.75) is 45.3 Å². The average Bonchev–Trinajstić information content (AvgIpc) is 3.10. The number of anilines is 1. The van der Waals surface area contributed by atoms with E-state index in [1.807, 2.05) is 49.9 Å². The number of hydrogen-bond acceptors (Lipinski definition) is 4. The van der Waals surface area contributed by atoms with Gasteiger partial charge >= 0.3 is 6.09 Å². The summed E-state index contributed by atoms with van der Waals surface area (Å²) < 4.78 is 5.47. The topological polar surface area (TPSA) is 53.1 Å². The summed E-state index contributed by atoms with van der Waals surface area (Å²) in [7, 11) is 0. The summed E-state index contributed by atoms with van der Waals surface area (Å²) in [6, 6.07) is 7.35. The van der Waals surface area contributed by atoms with Gasteiger partial charge in [-0.2, -0.15) is 0 Å². The average molecular weight is 394 g/mol. The molecule has 2 aliphatic rings. The fraction of sp³-hybridized carbons (Fsp3) is 0.600. The van der Waals surface area contributed by atoms with Crippen molar-refractivity contribution >= 4 is 29.3 Å². The molecule has 2 fully saturated rings. The molecule has 27 heavy (non-hydrogen) atoms. The summed E-state index contributed by atoms with van der Waals surface area (Å²) in [4.78, 5) is 31.1. The molecule has 2 heterocycles. The van der Waals surface area contributed by atoms with Crippen LogP contribution in [0.3, 0.4) is 0 Å². The van der Waals surface area contributed by atoms with Crippen molar-refractivity contribution in [1.82, 2.24) is 9.80 Å². The van der Waals surface area contributed by atoms with Crippen LogP contribution >= 0.6 is 11.6 Å². The first kappa shape index (κ1) is 19.8. The van der Waals surface area contributed by atoms with E-state index in [1.54, 1.807) is 4.90 Å². The number of halogens is 1. The zero-order valence-electron chi connectivity index (χ0n) is 16.3. The second kappa shape index (κ2) is 7.97. The Hall–Kier alpha value is -1.95. The zero-order chi connectivity index (χ0) is 19.6. The van der Waals surface area contributed by atoms with Gasteiger partial charge < -0.3 is 14.5 Å². The van der Waals surface area contributed by atoms with E-state index < -0.39 is 17.7 Å². The Bertz CT molecular complexity index is 696. The van der Waals surface area contributed by atoms with Crippen molar-refractivity contribution in [1.29, 1.82) is 0 Å². The highest BCUT2D eigenvalue weighted by atomic mass is 35.5. The second-order valence-electron chi connectivity index (χ2n) is 8.10. The van der Waals surface area contributed by atoms with Crippen LogP contribution in [0.2, 0.25) is 5.02 Å². The molecule has 1 atom stereocenters. The van der Waals surface area contributed by atoms with Crippen LogP contribution in [0.5, 0.6) is 0 Å². The van der Waals surface area contributed by atoms with E-state index in [0.29, 0.717) is 26.1 Å². The van der Waals surface area contributed by atoms with E-state index in [0.717, 1.165) is 30.2 Å². The Balaban J connectivity index is 1.60. The number of ether oxygens (including phenoxy) is 1. The third-order valence-electron chi connectivity index (χ3n) is 4.95. The number of nitrogens with zero attached hydrogens (tertiary/aromatic N) is 3. The standard InChI is InChI=1S/C20H28ClN3O3/c1-20(2,3)27-19(26)24-10-6-9-17(24)18(25)23-13-11-22(12-14-23)16-8-5-4-7-15(16)21/h4-5,7-8,17H,6,9-14H2,1-3H3. The molecule has 1 unspecified atom stereocenters. The number of hydrogen-bond donors (Lipinski definition) is 0. The van der Waals surface area contributed by atoms with Crippen molar-refractivity contribution in [2.75, 3.05) is 37.6 Å². The van der Waals surface area contributed by atoms with Crippen LogP contribution < -0.4 is 4.90 Å². The normalized spacial score (nSPS) is 20.7. The minimum Gasteiger partial charge on any atom is -0.444 e. The fourth-order valence-corrected chi connectivity index (χ4v) is 3.90. The zero-order valence-corrected chi connectivity index (χ0v) is 17.0. The maximum Gasteiger partial charge on any atom is 0.410 e. The molecule has 0 spiro atoms. The Morgan fingerprint density at radius 2 is 1.74 bits per heavy atom. The van der Waals surface area contributed by atoms with Crippen molar-refractivity contribution in [3.63, 3.8) is 0 Å². The van der Waals surface area contributed by atoms with Crippen LogP contribution in [0.4, 0.5) is 10.5 Å². The van der Waals surface area contributed by atoms with E-state index in [-0.39, 0.29) is 5.91 Å². The molecular weight excluding hydrogens is 366 g/mol. The lowest BCUT2D eigenvalue weighted by molar-refractivity contribution is -0.136. The van der Waals surface area contributed by atoms with E-state index >= 15 is 0 Å². The Kier molecular flexibility index (Phi) is 5.84. The Morgan fingerprint density at radius 1 is 1.07 bits per heavy atom. The molecular formula is C20H28ClN3O3. The molecule has 2 amide bonds. The Labute approximate surface area is 166 Å². The van der Waals surface area contributed by atoms with E-state index in [9.17, 15) is 9.59 Å². The molecule has 0 saturated carbocycles. The summed E-state index contributed by atoms with van der Waals surface area (Å²) >= 11 is 6.29.